The molecule has 0 saturated heterocycles. The van der Waals surface area contributed by atoms with Gasteiger partial charge in [0, 0.05) is 13.1 Å². The molecule has 3 unspecified atom stereocenters. The van der Waals surface area contributed by atoms with E-state index < -0.39 is 23.8 Å². The van der Waals surface area contributed by atoms with Crippen molar-refractivity contribution in [3.05, 3.63) is 34.9 Å². The minimum absolute atomic E-state index is 0.0126. The van der Waals surface area contributed by atoms with E-state index >= 15 is 0 Å². The lowest BCUT2D eigenvalue weighted by atomic mass is 9.96. The summed E-state index contributed by atoms with van der Waals surface area (Å²) in [6.07, 6.45) is 3.52. The minimum Gasteiger partial charge on any atom is -0.444 e. The number of aryl methyl sites for hydroxylation is 2. The second kappa shape index (κ2) is 13.6. The third-order valence-electron chi connectivity index (χ3n) is 5.41. The number of benzene rings is 1. The lowest BCUT2D eigenvalue weighted by molar-refractivity contribution is -0.141. The van der Waals surface area contributed by atoms with Crippen LogP contribution in [0.15, 0.2) is 18.2 Å². The highest BCUT2D eigenvalue weighted by molar-refractivity contribution is 7.98. The zero-order chi connectivity index (χ0) is 26.1. The maximum atomic E-state index is 13.6. The van der Waals surface area contributed by atoms with Crippen LogP contribution in [0.25, 0.3) is 0 Å². The van der Waals surface area contributed by atoms with Crippen molar-refractivity contribution < 1.29 is 19.1 Å². The van der Waals surface area contributed by atoms with Gasteiger partial charge in [-0.25, -0.2) is 4.79 Å². The SMILES string of the molecule is CCCC(C)NC(=O)C(c1ccc(C)cc1C)N(C)C(=O)C(CCSC)NC(=O)OC(C)(C)C. The van der Waals surface area contributed by atoms with Crippen LogP contribution in [0.5, 0.6) is 0 Å². The second-order valence-electron chi connectivity index (χ2n) is 9.89. The summed E-state index contributed by atoms with van der Waals surface area (Å²) in [4.78, 5) is 41.0. The van der Waals surface area contributed by atoms with Gasteiger partial charge < -0.3 is 20.3 Å². The first-order valence-corrected chi connectivity index (χ1v) is 13.3. The van der Waals surface area contributed by atoms with E-state index in [-0.39, 0.29) is 17.9 Å². The summed E-state index contributed by atoms with van der Waals surface area (Å²) in [5.41, 5.74) is 2.10. The first kappa shape index (κ1) is 29.8. The Morgan fingerprint density at radius 3 is 2.29 bits per heavy atom. The molecule has 2 N–H and O–H groups in total. The van der Waals surface area contributed by atoms with Gasteiger partial charge in [-0.15, -0.1) is 0 Å². The number of ether oxygens (including phenoxy) is 1. The van der Waals surface area contributed by atoms with Crippen molar-refractivity contribution in [1.82, 2.24) is 15.5 Å². The first-order valence-electron chi connectivity index (χ1n) is 11.9. The molecule has 3 atom stereocenters. The number of nitrogens with zero attached hydrogens (tertiary/aromatic N) is 1. The molecular formula is C26H43N3O4S. The van der Waals surface area contributed by atoms with E-state index in [9.17, 15) is 14.4 Å². The van der Waals surface area contributed by atoms with Gasteiger partial charge in [0.15, 0.2) is 0 Å². The summed E-state index contributed by atoms with van der Waals surface area (Å²) in [6.45, 7) is 13.3. The predicted molar refractivity (Wildman–Crippen MR) is 140 cm³/mol. The van der Waals surface area contributed by atoms with Crippen LogP contribution >= 0.6 is 11.8 Å². The summed E-state index contributed by atoms with van der Waals surface area (Å²) in [6, 6.07) is 4.22. The van der Waals surface area contributed by atoms with Gasteiger partial charge in [-0.3, -0.25) is 9.59 Å². The van der Waals surface area contributed by atoms with E-state index in [1.807, 2.05) is 45.2 Å². The van der Waals surface area contributed by atoms with Gasteiger partial charge in [-0.2, -0.15) is 11.8 Å². The van der Waals surface area contributed by atoms with E-state index in [2.05, 4.69) is 17.6 Å². The van der Waals surface area contributed by atoms with Crippen molar-refractivity contribution in [2.45, 2.75) is 91.5 Å². The summed E-state index contributed by atoms with van der Waals surface area (Å²) in [5.74, 6) is 0.112. The molecule has 1 aromatic carbocycles. The van der Waals surface area contributed by atoms with E-state index in [0.717, 1.165) is 29.5 Å². The molecule has 192 valence electrons. The van der Waals surface area contributed by atoms with Crippen molar-refractivity contribution in [1.29, 1.82) is 0 Å². The largest absolute Gasteiger partial charge is 0.444 e. The molecule has 0 spiro atoms. The lowest BCUT2D eigenvalue weighted by Crippen LogP contribution is -2.52. The zero-order valence-electron chi connectivity index (χ0n) is 22.3. The van der Waals surface area contributed by atoms with Crippen LogP contribution in [0.3, 0.4) is 0 Å². The summed E-state index contributed by atoms with van der Waals surface area (Å²) in [5, 5.41) is 5.78. The Balaban J connectivity index is 3.29. The molecule has 0 bridgehead atoms. The molecule has 0 radical (unpaired) electrons. The Morgan fingerprint density at radius 1 is 1.12 bits per heavy atom. The monoisotopic (exact) mass is 493 g/mol. The molecule has 0 fully saturated rings. The van der Waals surface area contributed by atoms with Gasteiger partial charge in [0.05, 0.1) is 0 Å². The number of hydrogen-bond donors (Lipinski definition) is 2. The van der Waals surface area contributed by atoms with Crippen molar-refractivity contribution in [2.75, 3.05) is 19.1 Å². The third kappa shape index (κ3) is 9.57. The summed E-state index contributed by atoms with van der Waals surface area (Å²) >= 11 is 1.59. The average molecular weight is 494 g/mol. The molecular weight excluding hydrogens is 450 g/mol. The van der Waals surface area contributed by atoms with Gasteiger partial charge in [-0.1, -0.05) is 37.1 Å². The third-order valence-corrected chi connectivity index (χ3v) is 6.06. The smallest absolute Gasteiger partial charge is 0.408 e. The van der Waals surface area contributed by atoms with Crippen LogP contribution in [0.1, 0.15) is 76.6 Å². The molecule has 3 amide bonds. The second-order valence-corrected chi connectivity index (χ2v) is 10.9. The molecule has 0 heterocycles. The van der Waals surface area contributed by atoms with E-state index in [0.29, 0.717) is 12.2 Å². The molecule has 0 aliphatic carbocycles. The highest BCUT2D eigenvalue weighted by atomic mass is 32.2. The van der Waals surface area contributed by atoms with E-state index in [4.69, 9.17) is 4.74 Å². The van der Waals surface area contributed by atoms with E-state index in [1.165, 1.54) is 4.90 Å². The van der Waals surface area contributed by atoms with E-state index in [1.54, 1.807) is 39.6 Å². The lowest BCUT2D eigenvalue weighted by Gasteiger charge is -2.33. The fraction of sp³-hybridized carbons (Fsp3) is 0.654. The number of amides is 3. The van der Waals surface area contributed by atoms with Crippen molar-refractivity contribution in [2.24, 2.45) is 0 Å². The Hall–Kier alpha value is -2.22. The highest BCUT2D eigenvalue weighted by Crippen LogP contribution is 2.26. The number of rotatable bonds is 11. The Morgan fingerprint density at radius 2 is 1.76 bits per heavy atom. The van der Waals surface area contributed by atoms with Gasteiger partial charge in [0.25, 0.3) is 0 Å². The normalized spacial score (nSPS) is 14.0. The van der Waals surface area contributed by atoms with Crippen molar-refractivity contribution >= 4 is 29.7 Å². The number of likely N-dealkylation sites (N-methyl/N-ethyl adjacent to an activating group) is 1. The van der Waals surface area contributed by atoms with Crippen LogP contribution in [0, 0.1) is 13.8 Å². The maximum Gasteiger partial charge on any atom is 0.408 e. The topological polar surface area (TPSA) is 87.7 Å². The molecule has 7 nitrogen and oxygen atoms in total. The van der Waals surface area contributed by atoms with Crippen LogP contribution in [-0.4, -0.2) is 59.5 Å². The fourth-order valence-electron chi connectivity index (χ4n) is 3.80. The Kier molecular flexibility index (Phi) is 11.9. The van der Waals surface area contributed by atoms with Gasteiger partial charge >= 0.3 is 6.09 Å². The maximum absolute atomic E-state index is 13.6. The molecule has 0 aromatic heterocycles. The van der Waals surface area contributed by atoms with Crippen molar-refractivity contribution in [3.63, 3.8) is 0 Å². The van der Waals surface area contributed by atoms with Crippen LogP contribution in [0.2, 0.25) is 0 Å². The standard InChI is InChI=1S/C26H43N3O4S/c1-10-11-19(4)27-23(30)22(20-13-12-17(2)16-18(20)3)29(8)24(31)21(14-15-34-9)28-25(32)33-26(5,6)7/h12-13,16,19,21-22H,10-11,14-15H2,1-9H3,(H,27,30)(H,28,32). The number of nitrogens with one attached hydrogen (secondary N) is 2. The van der Waals surface area contributed by atoms with Gasteiger partial charge in [-0.05, 0) is 77.5 Å². The molecule has 1 rings (SSSR count). The number of carbonyl (C=O) groups is 3. The zero-order valence-corrected chi connectivity index (χ0v) is 23.1. The average Bonchev–Trinajstić information content (AvgIpc) is 2.71. The first-order chi connectivity index (χ1) is 15.8. The van der Waals surface area contributed by atoms with Crippen molar-refractivity contribution in [3.8, 4) is 0 Å². The predicted octanol–water partition coefficient (Wildman–Crippen LogP) is 4.75. The molecule has 0 aliphatic rings. The highest BCUT2D eigenvalue weighted by Gasteiger charge is 2.35. The summed E-state index contributed by atoms with van der Waals surface area (Å²) in [7, 11) is 1.62. The number of hydrogen-bond acceptors (Lipinski definition) is 5. The van der Waals surface area contributed by atoms with Crippen LogP contribution in [-0.2, 0) is 14.3 Å². The fourth-order valence-corrected chi connectivity index (χ4v) is 4.27. The molecule has 34 heavy (non-hydrogen) atoms. The minimum atomic E-state index is -0.815. The molecule has 0 saturated carbocycles. The molecule has 8 heteroatoms. The van der Waals surface area contributed by atoms with Crippen LogP contribution < -0.4 is 10.6 Å². The number of carbonyl (C=O) groups excluding carboxylic acids is 3. The molecule has 1 aromatic rings. The Bertz CT molecular complexity index is 838. The molecule has 0 aliphatic heterocycles. The van der Waals surface area contributed by atoms with Gasteiger partial charge in [0.1, 0.15) is 17.7 Å². The van der Waals surface area contributed by atoms with Gasteiger partial charge in [0.2, 0.25) is 11.8 Å². The number of thioether (sulfide) groups is 1. The van der Waals surface area contributed by atoms with Crippen LogP contribution in [0.4, 0.5) is 4.79 Å². The Labute approximate surface area is 209 Å². The quantitative estimate of drug-likeness (QED) is 0.464. The summed E-state index contributed by atoms with van der Waals surface area (Å²) < 4.78 is 5.38. The number of alkyl carbamates (subject to hydrolysis) is 1.